The molecule has 1 aromatic carbocycles. The fraction of sp³-hybridized carbons (Fsp3) is 0.211. The number of aliphatic imine (C=N–C) groups is 1. The number of hydrogen-bond donors (Lipinski definition) is 4. The van der Waals surface area contributed by atoms with Gasteiger partial charge >= 0.3 is 11.9 Å². The number of aromatic nitrogens is 2. The molecule has 9 nitrogen and oxygen atoms in total. The van der Waals surface area contributed by atoms with Crippen LogP contribution in [0.5, 0.6) is 5.88 Å². The number of pyridine rings is 1. The van der Waals surface area contributed by atoms with Crippen LogP contribution in [0.15, 0.2) is 56.4 Å². The van der Waals surface area contributed by atoms with Crippen LogP contribution in [0, 0.1) is 0 Å². The lowest BCUT2D eigenvalue weighted by molar-refractivity contribution is -0.139. The van der Waals surface area contributed by atoms with E-state index in [0.29, 0.717) is 28.2 Å². The summed E-state index contributed by atoms with van der Waals surface area (Å²) in [5, 5.41) is 5.86. The van der Waals surface area contributed by atoms with Crippen LogP contribution in [0.3, 0.4) is 0 Å². The maximum atomic E-state index is 13.4. The topological polar surface area (TPSA) is 131 Å². The average molecular weight is 434 g/mol. The zero-order valence-corrected chi connectivity index (χ0v) is 16.3. The largest absolute Gasteiger partial charge is 0.481 e. The molecule has 0 fully saturated rings. The van der Waals surface area contributed by atoms with E-state index >= 15 is 0 Å². The first-order valence-corrected chi connectivity index (χ1v) is 8.94. The highest BCUT2D eigenvalue weighted by Crippen LogP contribution is 2.37. The van der Waals surface area contributed by atoms with Crippen LogP contribution in [-0.2, 0) is 12.0 Å². The Hall–Kier alpha value is -3.80. The van der Waals surface area contributed by atoms with E-state index < -0.39 is 29.2 Å². The molecule has 0 amide bonds. The summed E-state index contributed by atoms with van der Waals surface area (Å²) >= 11 is 0. The smallest absolute Gasteiger partial charge is 0.421 e. The number of methoxy groups -OCH3 is 1. The maximum Gasteiger partial charge on any atom is 0.421 e. The minimum atomic E-state index is -4.69. The molecule has 3 heterocycles. The predicted octanol–water partition coefficient (Wildman–Crippen LogP) is 2.63. The van der Waals surface area contributed by atoms with Crippen LogP contribution in [0.1, 0.15) is 18.1 Å². The van der Waals surface area contributed by atoms with Crippen LogP contribution in [0.4, 0.5) is 18.9 Å². The van der Waals surface area contributed by atoms with Crippen molar-refractivity contribution in [1.29, 1.82) is 0 Å². The number of anilines is 1. The number of nitrogens with zero attached hydrogens (tertiary/aromatic N) is 2. The number of rotatable bonds is 3. The van der Waals surface area contributed by atoms with Gasteiger partial charge in [0.25, 0.3) is 0 Å². The van der Waals surface area contributed by atoms with Gasteiger partial charge in [0.15, 0.2) is 5.58 Å². The third-order valence-corrected chi connectivity index (χ3v) is 4.64. The lowest BCUT2D eigenvalue weighted by atomic mass is 10.1. The average Bonchev–Trinajstić information content (AvgIpc) is 3.09. The number of nitrogens with one attached hydrogen (secondary N) is 3. The van der Waals surface area contributed by atoms with Gasteiger partial charge in [0.05, 0.1) is 12.6 Å². The molecule has 1 aliphatic rings. The molecule has 0 saturated heterocycles. The van der Waals surface area contributed by atoms with Crippen LogP contribution in [-0.4, -0.2) is 22.9 Å². The number of aromatic amines is 1. The molecule has 4 rings (SSSR count). The molecule has 0 saturated carbocycles. The van der Waals surface area contributed by atoms with Crippen LogP contribution < -0.4 is 26.9 Å². The van der Waals surface area contributed by atoms with Crippen molar-refractivity contribution < 1.29 is 22.3 Å². The van der Waals surface area contributed by atoms with Crippen molar-refractivity contribution in [3.63, 3.8) is 0 Å². The summed E-state index contributed by atoms with van der Waals surface area (Å²) in [6.07, 6.45) is -1.99. The second-order valence-corrected chi connectivity index (χ2v) is 6.83. The van der Waals surface area contributed by atoms with Crippen LogP contribution in [0.2, 0.25) is 0 Å². The van der Waals surface area contributed by atoms with Gasteiger partial charge in [0.1, 0.15) is 11.4 Å². The first-order valence-electron chi connectivity index (χ1n) is 8.94. The number of oxazole rings is 1. The Morgan fingerprint density at radius 1 is 1.29 bits per heavy atom. The second-order valence-electron chi connectivity index (χ2n) is 6.83. The number of nitrogens with two attached hydrogens (primary N) is 1. The fourth-order valence-electron chi connectivity index (χ4n) is 3.05. The lowest BCUT2D eigenvalue weighted by Crippen LogP contribution is -2.50. The Labute approximate surface area is 172 Å². The first-order chi connectivity index (χ1) is 14.6. The van der Waals surface area contributed by atoms with Crippen molar-refractivity contribution in [1.82, 2.24) is 15.3 Å². The summed E-state index contributed by atoms with van der Waals surface area (Å²) in [6.45, 7) is 1.74. The summed E-state index contributed by atoms with van der Waals surface area (Å²) in [4.78, 5) is 22.0. The summed E-state index contributed by atoms with van der Waals surface area (Å²) in [5.41, 5.74) is 7.27. The highest BCUT2D eigenvalue weighted by atomic mass is 19.4. The van der Waals surface area contributed by atoms with Crippen molar-refractivity contribution in [3.8, 4) is 5.88 Å². The Bertz CT molecular complexity index is 1280. The molecule has 162 valence electrons. The fourth-order valence-corrected chi connectivity index (χ4v) is 3.05. The Morgan fingerprint density at radius 3 is 2.77 bits per heavy atom. The summed E-state index contributed by atoms with van der Waals surface area (Å²) in [5.74, 6) is -2.55. The van der Waals surface area contributed by atoms with E-state index in [1.165, 1.54) is 12.4 Å². The molecule has 1 aliphatic heterocycles. The maximum absolute atomic E-state index is 13.4. The molecular weight excluding hydrogens is 417 g/mol. The van der Waals surface area contributed by atoms with Crippen molar-refractivity contribution in [2.24, 2.45) is 10.7 Å². The number of hydrogen-bond acceptors (Lipinski definition) is 8. The number of ether oxygens (including phenoxy) is 1. The van der Waals surface area contributed by atoms with E-state index in [4.69, 9.17) is 14.9 Å². The van der Waals surface area contributed by atoms with E-state index in [-0.39, 0.29) is 5.56 Å². The molecule has 0 aliphatic carbocycles. The van der Waals surface area contributed by atoms with Gasteiger partial charge in [-0.25, -0.2) is 14.8 Å². The van der Waals surface area contributed by atoms with Gasteiger partial charge in [-0.2, -0.15) is 13.2 Å². The third-order valence-electron chi connectivity index (χ3n) is 4.64. The summed E-state index contributed by atoms with van der Waals surface area (Å²) < 4.78 is 49.8. The molecular formula is C19H17F3N6O3. The van der Waals surface area contributed by atoms with Gasteiger partial charge in [-0.05, 0) is 31.2 Å². The van der Waals surface area contributed by atoms with Crippen molar-refractivity contribution in [2.75, 3.05) is 12.4 Å². The molecule has 0 bridgehead atoms. The predicted molar refractivity (Wildman–Crippen MR) is 106 cm³/mol. The normalized spacial score (nSPS) is 18.9. The Balaban J connectivity index is 1.71. The quantitative estimate of drug-likeness (QED) is 0.498. The Kier molecular flexibility index (Phi) is 4.73. The lowest BCUT2D eigenvalue weighted by Gasteiger charge is -2.31. The molecule has 12 heteroatoms. The minimum absolute atomic E-state index is 0.0155. The van der Waals surface area contributed by atoms with Crippen molar-refractivity contribution >= 4 is 22.6 Å². The van der Waals surface area contributed by atoms with E-state index in [1.807, 2.05) is 0 Å². The van der Waals surface area contributed by atoms with E-state index in [0.717, 1.165) is 13.2 Å². The highest BCUT2D eigenvalue weighted by Gasteiger charge is 2.38. The molecule has 5 N–H and O–H groups in total. The molecule has 0 radical (unpaired) electrons. The Morgan fingerprint density at radius 2 is 2.06 bits per heavy atom. The van der Waals surface area contributed by atoms with E-state index in [1.54, 1.807) is 25.1 Å². The number of benzene rings is 1. The van der Waals surface area contributed by atoms with Gasteiger partial charge in [0.2, 0.25) is 11.7 Å². The summed E-state index contributed by atoms with van der Waals surface area (Å²) in [7, 11) is 1.10. The molecule has 1 atom stereocenters. The molecule has 0 spiro atoms. The van der Waals surface area contributed by atoms with E-state index in [9.17, 15) is 18.0 Å². The number of halogens is 3. The van der Waals surface area contributed by atoms with Crippen LogP contribution >= 0.6 is 0 Å². The minimum Gasteiger partial charge on any atom is -0.481 e. The zero-order chi connectivity index (χ0) is 22.4. The van der Waals surface area contributed by atoms with Gasteiger partial charge in [-0.1, -0.05) is 0 Å². The van der Waals surface area contributed by atoms with Crippen LogP contribution in [0.25, 0.3) is 11.1 Å². The van der Waals surface area contributed by atoms with Gasteiger partial charge in [0, 0.05) is 29.2 Å². The van der Waals surface area contributed by atoms with Gasteiger partial charge in [-0.15, -0.1) is 0 Å². The third kappa shape index (κ3) is 3.84. The number of fused-ring (bicyclic) bond motifs is 1. The number of H-pyrrole nitrogens is 1. The molecule has 31 heavy (non-hydrogen) atoms. The van der Waals surface area contributed by atoms with Crippen molar-refractivity contribution in [2.45, 2.75) is 18.9 Å². The molecule has 1 unspecified atom stereocenters. The summed E-state index contributed by atoms with van der Waals surface area (Å²) in [6, 6.07) is 5.73. The second kappa shape index (κ2) is 7.16. The van der Waals surface area contributed by atoms with Gasteiger partial charge < -0.3 is 19.8 Å². The monoisotopic (exact) mass is 434 g/mol. The standard InChI is InChI=1S/C19H17F3N6O3/c1-9-7-25-19(23,10-5-12(18(20,21)22)16(30-2)24-8-10)28-15(9)26-11-3-4-14-13(6-11)27-17(29)31-14/h3-8,25H,23H2,1-2H3,(H,26,28)(H,27,29). The number of alkyl halides is 3. The SMILES string of the molecule is COc1ncc(C2(N)N=C(Nc3ccc4oc(=O)[nH]c4c3)C(C)=CN2)cc1C(F)(F)F. The number of amidine groups is 1. The van der Waals surface area contributed by atoms with Crippen molar-refractivity contribution in [3.05, 3.63) is 63.9 Å². The first kappa shape index (κ1) is 20.5. The van der Waals surface area contributed by atoms with Gasteiger partial charge in [-0.3, -0.25) is 10.7 Å². The molecule has 2 aromatic heterocycles. The van der Waals surface area contributed by atoms with E-state index in [2.05, 4.69) is 25.6 Å². The zero-order valence-electron chi connectivity index (χ0n) is 16.3. The highest BCUT2D eigenvalue weighted by molar-refractivity contribution is 6.08. The molecule has 3 aromatic rings.